The smallest absolute Gasteiger partial charge is 0.121 e. The predicted octanol–water partition coefficient (Wildman–Crippen LogP) is 2.47. The summed E-state index contributed by atoms with van der Waals surface area (Å²) < 4.78 is 0. The summed E-state index contributed by atoms with van der Waals surface area (Å²) in [7, 11) is 0. The summed E-state index contributed by atoms with van der Waals surface area (Å²) in [5.41, 5.74) is 1.05. The number of phenols is 1. The number of benzene rings is 1. The molecule has 0 bridgehead atoms. The lowest BCUT2D eigenvalue weighted by atomic mass is 10.0. The SMILES string of the molecule is CC(C)(C)NC[C@@H](O)c1ccc(O)c(CO)c1.Cl.[HH].[HH].[HH]. The number of aliphatic hydroxyl groups is 2. The quantitative estimate of drug-likeness (QED) is 0.684. The van der Waals surface area contributed by atoms with Gasteiger partial charge in [-0.2, -0.15) is 0 Å². The van der Waals surface area contributed by atoms with Crippen LogP contribution in [0, 0.1) is 0 Å². The molecule has 0 heterocycles. The van der Waals surface area contributed by atoms with Crippen LogP contribution in [0.15, 0.2) is 18.2 Å². The molecule has 1 aromatic carbocycles. The Morgan fingerprint density at radius 1 is 1.33 bits per heavy atom. The minimum atomic E-state index is -0.653. The molecule has 18 heavy (non-hydrogen) atoms. The van der Waals surface area contributed by atoms with E-state index in [2.05, 4.69) is 5.32 Å². The number of nitrogens with one attached hydrogen (secondary N) is 1. The standard InChI is InChI=1S/C13H21NO3.ClH.3H2/c1-13(2,3)14-7-12(17)9-4-5-11(16)10(6-9)8-15;;;;/h4-6,12,14-17H,7-8H2,1-3H3;4*1H/t12-;;;;/m1..../s1. The summed E-state index contributed by atoms with van der Waals surface area (Å²) in [5.74, 6) is 0.0484. The van der Waals surface area contributed by atoms with Gasteiger partial charge in [0.2, 0.25) is 0 Å². The van der Waals surface area contributed by atoms with Crippen LogP contribution in [0.1, 0.15) is 42.3 Å². The molecule has 5 heteroatoms. The minimum Gasteiger partial charge on any atom is -0.508 e. The molecule has 1 rings (SSSR count). The largest absolute Gasteiger partial charge is 0.508 e. The maximum Gasteiger partial charge on any atom is 0.121 e. The molecule has 0 aliphatic rings. The maximum absolute atomic E-state index is 9.97. The van der Waals surface area contributed by atoms with Crippen LogP contribution in [0.4, 0.5) is 0 Å². The van der Waals surface area contributed by atoms with Crippen LogP contribution in [0.25, 0.3) is 0 Å². The average Bonchev–Trinajstić information content (AvgIpc) is 2.25. The highest BCUT2D eigenvalue weighted by molar-refractivity contribution is 5.85. The van der Waals surface area contributed by atoms with E-state index in [1.54, 1.807) is 12.1 Å². The first-order valence-electron chi connectivity index (χ1n) is 5.69. The van der Waals surface area contributed by atoms with Crippen molar-refractivity contribution in [3.05, 3.63) is 29.3 Å². The average molecular weight is 282 g/mol. The summed E-state index contributed by atoms with van der Waals surface area (Å²) in [6, 6.07) is 4.76. The van der Waals surface area contributed by atoms with E-state index < -0.39 is 6.10 Å². The van der Waals surface area contributed by atoms with Gasteiger partial charge in [0.1, 0.15) is 5.75 Å². The van der Waals surface area contributed by atoms with Crippen molar-refractivity contribution in [2.75, 3.05) is 6.54 Å². The van der Waals surface area contributed by atoms with Gasteiger partial charge in [-0.05, 0) is 38.5 Å². The fourth-order valence-corrected chi connectivity index (χ4v) is 1.46. The third-order valence-electron chi connectivity index (χ3n) is 2.48. The van der Waals surface area contributed by atoms with Crippen molar-refractivity contribution >= 4 is 12.4 Å². The van der Waals surface area contributed by atoms with Crippen LogP contribution in [0.5, 0.6) is 5.75 Å². The van der Waals surface area contributed by atoms with Crippen LogP contribution in [0.2, 0.25) is 0 Å². The first kappa shape index (κ1) is 17.2. The van der Waals surface area contributed by atoms with Crippen LogP contribution >= 0.6 is 12.4 Å². The van der Waals surface area contributed by atoms with Crippen molar-refractivity contribution in [2.24, 2.45) is 0 Å². The molecule has 0 fully saturated rings. The number of aromatic hydroxyl groups is 1. The van der Waals surface area contributed by atoms with E-state index in [9.17, 15) is 10.2 Å². The molecular weight excluding hydrogens is 254 g/mol. The summed E-state index contributed by atoms with van der Waals surface area (Å²) in [4.78, 5) is 0. The maximum atomic E-state index is 9.97. The zero-order chi connectivity index (χ0) is 13.1. The molecular formula is C13H28ClNO3. The van der Waals surface area contributed by atoms with Crippen molar-refractivity contribution in [2.45, 2.75) is 39.0 Å². The van der Waals surface area contributed by atoms with Crippen LogP contribution < -0.4 is 5.32 Å². The molecule has 0 saturated carbocycles. The lowest BCUT2D eigenvalue weighted by Crippen LogP contribution is -2.38. The zero-order valence-corrected chi connectivity index (χ0v) is 11.8. The number of halogens is 1. The molecule has 0 unspecified atom stereocenters. The zero-order valence-electron chi connectivity index (χ0n) is 11.0. The molecule has 1 aromatic rings. The molecule has 0 aromatic heterocycles. The molecule has 0 radical (unpaired) electrons. The molecule has 4 N–H and O–H groups in total. The van der Waals surface area contributed by atoms with Crippen molar-refractivity contribution in [1.82, 2.24) is 5.32 Å². The fraction of sp³-hybridized carbons (Fsp3) is 0.538. The van der Waals surface area contributed by atoms with Gasteiger partial charge in [-0.3, -0.25) is 0 Å². The normalized spacial score (nSPS) is 12.9. The van der Waals surface area contributed by atoms with Gasteiger partial charge in [0.25, 0.3) is 0 Å². The van der Waals surface area contributed by atoms with Gasteiger partial charge in [0.15, 0.2) is 0 Å². The van der Waals surface area contributed by atoms with Crippen LogP contribution in [-0.2, 0) is 6.61 Å². The number of β-amino-alcohol motifs (C(OH)–C–C–N with tert-alkyl or cyclic N) is 1. The summed E-state index contributed by atoms with van der Waals surface area (Å²) in [6.07, 6.45) is -0.653. The van der Waals surface area contributed by atoms with E-state index in [4.69, 9.17) is 5.11 Å². The molecule has 4 nitrogen and oxygen atoms in total. The van der Waals surface area contributed by atoms with Gasteiger partial charge in [0.05, 0.1) is 12.7 Å². The third kappa shape index (κ3) is 5.23. The molecule has 1 atom stereocenters. The van der Waals surface area contributed by atoms with Crippen molar-refractivity contribution in [3.8, 4) is 5.75 Å². The van der Waals surface area contributed by atoms with Gasteiger partial charge in [-0.25, -0.2) is 0 Å². The summed E-state index contributed by atoms with van der Waals surface area (Å²) in [5, 5.41) is 31.6. The van der Waals surface area contributed by atoms with Gasteiger partial charge in [-0.15, -0.1) is 12.4 Å². The Balaban J connectivity index is -0.000000361. The van der Waals surface area contributed by atoms with E-state index >= 15 is 0 Å². The monoisotopic (exact) mass is 281 g/mol. The number of rotatable bonds is 4. The Labute approximate surface area is 119 Å². The lowest BCUT2D eigenvalue weighted by molar-refractivity contribution is 0.163. The highest BCUT2D eigenvalue weighted by Crippen LogP contribution is 2.22. The highest BCUT2D eigenvalue weighted by Gasteiger charge is 2.14. The summed E-state index contributed by atoms with van der Waals surface area (Å²) >= 11 is 0. The summed E-state index contributed by atoms with van der Waals surface area (Å²) in [6.45, 7) is 6.26. The number of aliphatic hydroxyl groups excluding tert-OH is 2. The molecule has 110 valence electrons. The van der Waals surface area contributed by atoms with E-state index in [-0.39, 0.29) is 34.6 Å². The minimum absolute atomic E-state index is 0. The van der Waals surface area contributed by atoms with Crippen LogP contribution in [0.3, 0.4) is 0 Å². The number of hydrogen-bond donors (Lipinski definition) is 4. The van der Waals surface area contributed by atoms with E-state index in [1.165, 1.54) is 6.07 Å². The molecule has 0 aliphatic carbocycles. The molecule has 0 saturated heterocycles. The second-order valence-corrected chi connectivity index (χ2v) is 5.19. The first-order valence-corrected chi connectivity index (χ1v) is 5.69. The second-order valence-electron chi connectivity index (χ2n) is 5.19. The van der Waals surface area contributed by atoms with Gasteiger partial charge >= 0.3 is 0 Å². The Morgan fingerprint density at radius 3 is 2.44 bits per heavy atom. The Kier molecular flexibility index (Phi) is 6.63. The van der Waals surface area contributed by atoms with Gasteiger partial charge < -0.3 is 20.6 Å². The Bertz CT molecular complexity index is 389. The predicted molar refractivity (Wildman–Crippen MR) is 80.3 cm³/mol. The van der Waals surface area contributed by atoms with Crippen molar-refractivity contribution in [1.29, 1.82) is 0 Å². The highest BCUT2D eigenvalue weighted by atomic mass is 35.5. The molecule has 0 amide bonds. The van der Waals surface area contributed by atoms with Crippen LogP contribution in [-0.4, -0.2) is 27.4 Å². The molecule has 0 spiro atoms. The Hall–Kier alpha value is -0.810. The number of hydrogen-bond acceptors (Lipinski definition) is 4. The molecule has 0 aliphatic heterocycles. The van der Waals surface area contributed by atoms with Crippen molar-refractivity contribution in [3.63, 3.8) is 0 Å². The second kappa shape index (κ2) is 6.95. The Morgan fingerprint density at radius 2 is 1.94 bits per heavy atom. The lowest BCUT2D eigenvalue weighted by Gasteiger charge is -2.23. The first-order chi connectivity index (χ1) is 7.83. The van der Waals surface area contributed by atoms with E-state index in [0.717, 1.165) is 0 Å². The third-order valence-corrected chi connectivity index (χ3v) is 2.48. The van der Waals surface area contributed by atoms with E-state index in [1.807, 2.05) is 20.8 Å². The van der Waals surface area contributed by atoms with Crippen molar-refractivity contribution < 1.29 is 19.6 Å². The van der Waals surface area contributed by atoms with E-state index in [0.29, 0.717) is 17.7 Å². The van der Waals surface area contributed by atoms with Gasteiger partial charge in [0, 0.05) is 21.9 Å². The topological polar surface area (TPSA) is 72.7 Å². The van der Waals surface area contributed by atoms with Gasteiger partial charge in [-0.1, -0.05) is 6.07 Å². The fourth-order valence-electron chi connectivity index (χ4n) is 1.46.